The zero-order valence-corrected chi connectivity index (χ0v) is 14.3. The van der Waals surface area contributed by atoms with Crippen molar-refractivity contribution >= 4 is 22.9 Å². The van der Waals surface area contributed by atoms with Crippen molar-refractivity contribution in [3.05, 3.63) is 24.0 Å². The molecule has 2 aromatic rings. The lowest BCUT2D eigenvalue weighted by Gasteiger charge is -2.41. The van der Waals surface area contributed by atoms with Gasteiger partial charge in [0.1, 0.15) is 5.82 Å². The molecule has 2 fully saturated rings. The first-order chi connectivity index (χ1) is 12.1. The molecule has 1 aromatic carbocycles. The topological polar surface area (TPSA) is 46.9 Å². The number of nitrogens with one attached hydrogen (secondary N) is 1. The number of imidazole rings is 1. The van der Waals surface area contributed by atoms with Crippen molar-refractivity contribution in [2.45, 2.75) is 57.2 Å². The average Bonchev–Trinajstić information content (AvgIpc) is 3.20. The van der Waals surface area contributed by atoms with Gasteiger partial charge in [-0.3, -0.25) is 10.1 Å². The molecule has 0 saturated heterocycles. The molecule has 4 rings (SSSR count). The van der Waals surface area contributed by atoms with Crippen molar-refractivity contribution in [2.75, 3.05) is 5.32 Å². The fourth-order valence-electron chi connectivity index (χ4n) is 3.78. The summed E-state index contributed by atoms with van der Waals surface area (Å²) in [6, 6.07) is 4.17. The van der Waals surface area contributed by atoms with Gasteiger partial charge in [0.25, 0.3) is 0 Å². The number of alkyl halides is 3. The highest BCUT2D eigenvalue weighted by atomic mass is 19.4. The van der Waals surface area contributed by atoms with E-state index < -0.39 is 29.7 Å². The minimum Gasteiger partial charge on any atom is -0.304 e. The molecule has 4 nitrogen and oxygen atoms in total. The van der Waals surface area contributed by atoms with Crippen molar-refractivity contribution in [1.82, 2.24) is 9.55 Å². The molecular weight excluding hydrogens is 350 g/mol. The molecule has 2 aliphatic carbocycles. The first-order valence-electron chi connectivity index (χ1n) is 8.69. The van der Waals surface area contributed by atoms with Gasteiger partial charge in [-0.05, 0) is 51.2 Å². The van der Waals surface area contributed by atoms with Crippen LogP contribution in [0.3, 0.4) is 0 Å². The minimum absolute atomic E-state index is 0.0245. The summed E-state index contributed by atoms with van der Waals surface area (Å²) in [6.07, 6.45) is -2.29. The smallest absolute Gasteiger partial charge is 0.304 e. The third kappa shape index (κ3) is 2.66. The highest BCUT2D eigenvalue weighted by molar-refractivity contribution is 5.92. The van der Waals surface area contributed by atoms with Gasteiger partial charge in [0, 0.05) is 18.0 Å². The van der Waals surface area contributed by atoms with E-state index in [-0.39, 0.29) is 24.3 Å². The van der Waals surface area contributed by atoms with Crippen molar-refractivity contribution in [1.29, 1.82) is 0 Å². The second kappa shape index (κ2) is 5.44. The van der Waals surface area contributed by atoms with Crippen LogP contribution in [0.1, 0.15) is 45.4 Å². The summed E-state index contributed by atoms with van der Waals surface area (Å²) in [5.74, 6) is -0.969. The van der Waals surface area contributed by atoms with Gasteiger partial charge in [0.2, 0.25) is 11.9 Å². The van der Waals surface area contributed by atoms with Gasteiger partial charge in [0.05, 0.1) is 16.4 Å². The van der Waals surface area contributed by atoms with Crippen LogP contribution in [0.15, 0.2) is 18.2 Å². The van der Waals surface area contributed by atoms with E-state index in [2.05, 4.69) is 10.3 Å². The lowest BCUT2D eigenvalue weighted by molar-refractivity contribution is -0.189. The van der Waals surface area contributed by atoms with E-state index in [9.17, 15) is 22.4 Å². The molecule has 0 radical (unpaired) electrons. The van der Waals surface area contributed by atoms with Crippen LogP contribution >= 0.6 is 0 Å². The lowest BCUT2D eigenvalue weighted by atomic mass is 9.78. The molecule has 1 heterocycles. The van der Waals surface area contributed by atoms with Crippen molar-refractivity contribution in [3.63, 3.8) is 0 Å². The monoisotopic (exact) mass is 369 g/mol. The number of aromatic nitrogens is 2. The van der Waals surface area contributed by atoms with Crippen LogP contribution in [0.4, 0.5) is 23.5 Å². The molecule has 0 bridgehead atoms. The number of amides is 1. The molecule has 1 amide bonds. The van der Waals surface area contributed by atoms with Crippen molar-refractivity contribution in [2.24, 2.45) is 5.41 Å². The molecule has 0 spiro atoms. The Morgan fingerprint density at radius 1 is 1.27 bits per heavy atom. The van der Waals surface area contributed by atoms with E-state index >= 15 is 0 Å². The quantitative estimate of drug-likeness (QED) is 0.791. The molecule has 8 heteroatoms. The third-order valence-corrected chi connectivity index (χ3v) is 5.79. The number of hydrogen-bond acceptors (Lipinski definition) is 2. The Hall–Kier alpha value is -2.12. The number of fused-ring (bicyclic) bond motifs is 1. The first-order valence-corrected chi connectivity index (χ1v) is 8.69. The number of carbonyl (C=O) groups is 1. The van der Waals surface area contributed by atoms with E-state index in [0.717, 1.165) is 19.3 Å². The molecular formula is C18H19F4N3O. The molecule has 140 valence electrons. The highest BCUT2D eigenvalue weighted by Crippen LogP contribution is 2.60. The van der Waals surface area contributed by atoms with Crippen molar-refractivity contribution in [3.8, 4) is 0 Å². The average molecular weight is 369 g/mol. The van der Waals surface area contributed by atoms with E-state index in [4.69, 9.17) is 0 Å². The fraction of sp³-hybridized carbons (Fsp3) is 0.556. The zero-order valence-electron chi connectivity index (χ0n) is 14.3. The van der Waals surface area contributed by atoms with Crippen molar-refractivity contribution < 1.29 is 22.4 Å². The molecule has 2 saturated carbocycles. The van der Waals surface area contributed by atoms with Gasteiger partial charge in [-0.15, -0.1) is 0 Å². The van der Waals surface area contributed by atoms with Gasteiger partial charge in [-0.2, -0.15) is 13.2 Å². The molecule has 0 unspecified atom stereocenters. The van der Waals surface area contributed by atoms with E-state index in [1.807, 2.05) is 11.5 Å². The van der Waals surface area contributed by atoms with Gasteiger partial charge < -0.3 is 4.57 Å². The summed E-state index contributed by atoms with van der Waals surface area (Å²) in [5, 5.41) is 2.55. The summed E-state index contributed by atoms with van der Waals surface area (Å²) >= 11 is 0. The number of benzene rings is 1. The third-order valence-electron chi connectivity index (χ3n) is 5.79. The lowest BCUT2D eigenvalue weighted by Crippen LogP contribution is -2.38. The predicted molar refractivity (Wildman–Crippen MR) is 88.2 cm³/mol. The maximum absolute atomic E-state index is 13.5. The van der Waals surface area contributed by atoms with Crippen LogP contribution in [0, 0.1) is 11.2 Å². The molecule has 26 heavy (non-hydrogen) atoms. The van der Waals surface area contributed by atoms with Gasteiger partial charge in [-0.1, -0.05) is 0 Å². The Morgan fingerprint density at radius 3 is 2.50 bits per heavy atom. The molecule has 2 aliphatic rings. The first kappa shape index (κ1) is 17.3. The van der Waals surface area contributed by atoms with Crippen LogP contribution in [0.5, 0.6) is 0 Å². The Kier molecular flexibility index (Phi) is 3.62. The number of hydrogen-bond donors (Lipinski definition) is 1. The summed E-state index contributed by atoms with van der Waals surface area (Å²) in [6.45, 7) is 2.01. The second-order valence-electron chi connectivity index (χ2n) is 7.76. The predicted octanol–water partition coefficient (Wildman–Crippen LogP) is 4.75. The van der Waals surface area contributed by atoms with E-state index in [1.165, 1.54) is 12.1 Å². The normalized spacial score (nSPS) is 20.7. The Balaban J connectivity index is 1.66. The maximum atomic E-state index is 13.5. The van der Waals surface area contributed by atoms with E-state index in [0.29, 0.717) is 11.0 Å². The summed E-state index contributed by atoms with van der Waals surface area (Å²) in [4.78, 5) is 16.6. The number of nitrogens with zero attached hydrogens (tertiary/aromatic N) is 2. The molecule has 1 aromatic heterocycles. The van der Waals surface area contributed by atoms with Crippen LogP contribution < -0.4 is 5.32 Å². The summed E-state index contributed by atoms with van der Waals surface area (Å²) in [7, 11) is 0. The van der Waals surface area contributed by atoms with E-state index in [1.54, 1.807) is 6.07 Å². The number of rotatable bonds is 4. The summed E-state index contributed by atoms with van der Waals surface area (Å²) in [5.41, 5.74) is -1.14. The molecule has 1 N–H and O–H groups in total. The summed E-state index contributed by atoms with van der Waals surface area (Å²) < 4.78 is 54.7. The highest BCUT2D eigenvalue weighted by Gasteiger charge is 2.63. The van der Waals surface area contributed by atoms with Crippen LogP contribution in [-0.4, -0.2) is 21.6 Å². The standard InChI is InChI=1S/C18H19F4N3O/c1-16(5-2-6-16)25-13-4-3-11(19)9-12(13)23-15(25)24-14(26)10-17(7-8-17)18(20,21)22/h3-4,9H,2,5-8,10H2,1H3,(H,23,24,26). The number of halogens is 4. The van der Waals surface area contributed by atoms with Gasteiger partial charge in [0.15, 0.2) is 0 Å². The number of carbonyl (C=O) groups excluding carboxylic acids is 1. The van der Waals surface area contributed by atoms with Crippen LogP contribution in [0.25, 0.3) is 11.0 Å². The Bertz CT molecular complexity index is 878. The van der Waals surface area contributed by atoms with Crippen LogP contribution in [-0.2, 0) is 10.3 Å². The largest absolute Gasteiger partial charge is 0.395 e. The van der Waals surface area contributed by atoms with Crippen LogP contribution in [0.2, 0.25) is 0 Å². The van der Waals surface area contributed by atoms with Gasteiger partial charge in [-0.25, -0.2) is 9.37 Å². The molecule has 0 atom stereocenters. The SMILES string of the molecule is CC1(n2c(NC(=O)CC3(C(F)(F)F)CC3)nc3cc(F)ccc32)CCC1. The Morgan fingerprint density at radius 2 is 1.96 bits per heavy atom. The Labute approximate surface area is 147 Å². The van der Waals surface area contributed by atoms with Gasteiger partial charge >= 0.3 is 6.18 Å². The second-order valence-corrected chi connectivity index (χ2v) is 7.76. The molecule has 0 aliphatic heterocycles. The number of anilines is 1. The minimum atomic E-state index is -4.38. The zero-order chi connectivity index (χ0) is 18.7. The maximum Gasteiger partial charge on any atom is 0.395 e. The fourth-order valence-corrected chi connectivity index (χ4v) is 3.78.